The summed E-state index contributed by atoms with van der Waals surface area (Å²) in [6.07, 6.45) is 1.20. The van der Waals surface area contributed by atoms with Crippen LogP contribution in [-0.2, 0) is 17.6 Å². The van der Waals surface area contributed by atoms with E-state index in [1.54, 1.807) is 0 Å². The molecule has 2 aromatic carbocycles. The van der Waals surface area contributed by atoms with E-state index in [4.69, 9.17) is 11.6 Å². The SMILES string of the molecule is CC(Cc1cccc(Cl)c1)N[C@@H](Cc1ccccc1)C(=O)O. The predicted molar refractivity (Wildman–Crippen MR) is 89.3 cm³/mol. The Morgan fingerprint density at radius 2 is 1.77 bits per heavy atom. The van der Waals surface area contributed by atoms with Crippen LogP contribution < -0.4 is 5.32 Å². The van der Waals surface area contributed by atoms with Gasteiger partial charge < -0.3 is 10.4 Å². The molecular formula is C18H20ClNO2. The lowest BCUT2D eigenvalue weighted by atomic mass is 10.0. The third kappa shape index (κ3) is 5.17. The van der Waals surface area contributed by atoms with Crippen LogP contribution in [0.1, 0.15) is 18.1 Å². The molecule has 0 spiro atoms. The van der Waals surface area contributed by atoms with Crippen LogP contribution in [0.3, 0.4) is 0 Å². The number of rotatable bonds is 7. The zero-order chi connectivity index (χ0) is 15.9. The zero-order valence-corrected chi connectivity index (χ0v) is 13.3. The lowest BCUT2D eigenvalue weighted by molar-refractivity contribution is -0.139. The van der Waals surface area contributed by atoms with Crippen LogP contribution in [0.15, 0.2) is 54.6 Å². The van der Waals surface area contributed by atoms with Gasteiger partial charge in [-0.3, -0.25) is 4.79 Å². The summed E-state index contributed by atoms with van der Waals surface area (Å²) in [6.45, 7) is 1.99. The molecule has 0 heterocycles. The maximum atomic E-state index is 11.5. The molecule has 1 unspecified atom stereocenters. The first-order chi connectivity index (χ1) is 10.5. The predicted octanol–water partition coefficient (Wildman–Crippen LogP) is 3.56. The minimum absolute atomic E-state index is 0.0447. The third-order valence-corrected chi connectivity index (χ3v) is 3.73. The standard InChI is InChI=1S/C18H20ClNO2/c1-13(10-15-8-5-9-16(19)11-15)20-17(18(21)22)12-14-6-3-2-4-7-14/h2-9,11,13,17,20H,10,12H2,1H3,(H,21,22)/t13?,17-/m0/s1. The van der Waals surface area contributed by atoms with Crippen LogP contribution in [0.4, 0.5) is 0 Å². The highest BCUT2D eigenvalue weighted by atomic mass is 35.5. The Hall–Kier alpha value is -1.84. The summed E-state index contributed by atoms with van der Waals surface area (Å²) < 4.78 is 0. The molecular weight excluding hydrogens is 298 g/mol. The molecule has 2 N–H and O–H groups in total. The fourth-order valence-electron chi connectivity index (χ4n) is 2.49. The highest BCUT2D eigenvalue weighted by molar-refractivity contribution is 6.30. The van der Waals surface area contributed by atoms with Gasteiger partial charge in [0.1, 0.15) is 6.04 Å². The van der Waals surface area contributed by atoms with Crippen LogP contribution in [0, 0.1) is 0 Å². The Balaban J connectivity index is 1.97. The first-order valence-corrected chi connectivity index (χ1v) is 7.69. The molecule has 3 nitrogen and oxygen atoms in total. The second-order valence-corrected chi connectivity index (χ2v) is 5.92. The number of hydrogen-bond donors (Lipinski definition) is 2. The van der Waals surface area contributed by atoms with Crippen LogP contribution in [-0.4, -0.2) is 23.2 Å². The molecule has 0 aliphatic carbocycles. The molecule has 4 heteroatoms. The maximum absolute atomic E-state index is 11.5. The van der Waals surface area contributed by atoms with Crippen molar-refractivity contribution in [2.45, 2.75) is 31.8 Å². The van der Waals surface area contributed by atoms with E-state index >= 15 is 0 Å². The normalized spacial score (nSPS) is 13.5. The van der Waals surface area contributed by atoms with Gasteiger partial charge in [-0.2, -0.15) is 0 Å². The zero-order valence-electron chi connectivity index (χ0n) is 12.5. The number of carboxylic acid groups (broad SMARTS) is 1. The number of aliphatic carboxylic acids is 1. The number of carbonyl (C=O) groups is 1. The van der Waals surface area contributed by atoms with Gasteiger partial charge in [-0.1, -0.05) is 54.1 Å². The summed E-state index contributed by atoms with van der Waals surface area (Å²) in [5, 5.41) is 13.3. The number of halogens is 1. The fourth-order valence-corrected chi connectivity index (χ4v) is 2.70. The van der Waals surface area contributed by atoms with Crippen LogP contribution >= 0.6 is 11.6 Å². The van der Waals surface area contributed by atoms with Gasteiger partial charge in [-0.25, -0.2) is 0 Å². The highest BCUT2D eigenvalue weighted by Crippen LogP contribution is 2.13. The van der Waals surface area contributed by atoms with E-state index in [1.165, 1.54) is 0 Å². The second-order valence-electron chi connectivity index (χ2n) is 5.48. The number of carboxylic acids is 1. The number of nitrogens with one attached hydrogen (secondary N) is 1. The molecule has 0 fully saturated rings. The Morgan fingerprint density at radius 3 is 2.41 bits per heavy atom. The van der Waals surface area contributed by atoms with Crippen molar-refractivity contribution in [3.05, 3.63) is 70.7 Å². The van der Waals surface area contributed by atoms with E-state index in [-0.39, 0.29) is 6.04 Å². The first-order valence-electron chi connectivity index (χ1n) is 7.32. The summed E-state index contributed by atoms with van der Waals surface area (Å²) in [6, 6.07) is 16.7. The molecule has 22 heavy (non-hydrogen) atoms. The minimum Gasteiger partial charge on any atom is -0.480 e. The van der Waals surface area contributed by atoms with Crippen molar-refractivity contribution in [2.24, 2.45) is 0 Å². The maximum Gasteiger partial charge on any atom is 0.321 e. The van der Waals surface area contributed by atoms with Crippen LogP contribution in [0.25, 0.3) is 0 Å². The van der Waals surface area contributed by atoms with Crippen LogP contribution in [0.2, 0.25) is 5.02 Å². The molecule has 2 rings (SSSR count). The molecule has 0 aliphatic heterocycles. The Bertz CT molecular complexity index is 615. The van der Waals surface area contributed by atoms with Crippen molar-refractivity contribution in [3.63, 3.8) is 0 Å². The molecule has 2 atom stereocenters. The highest BCUT2D eigenvalue weighted by Gasteiger charge is 2.20. The van der Waals surface area contributed by atoms with Crippen molar-refractivity contribution in [3.8, 4) is 0 Å². The van der Waals surface area contributed by atoms with Crippen molar-refractivity contribution < 1.29 is 9.90 Å². The van der Waals surface area contributed by atoms with Crippen molar-refractivity contribution in [1.82, 2.24) is 5.32 Å². The minimum atomic E-state index is -0.832. The summed E-state index contributed by atoms with van der Waals surface area (Å²) in [7, 11) is 0. The summed E-state index contributed by atoms with van der Waals surface area (Å²) >= 11 is 5.98. The van der Waals surface area contributed by atoms with E-state index in [9.17, 15) is 9.90 Å². The van der Waals surface area contributed by atoms with E-state index < -0.39 is 12.0 Å². The summed E-state index contributed by atoms with van der Waals surface area (Å²) in [5.74, 6) is -0.832. The second kappa shape index (κ2) is 7.97. The molecule has 0 aliphatic rings. The lowest BCUT2D eigenvalue weighted by Crippen LogP contribution is -2.44. The van der Waals surface area contributed by atoms with Crippen molar-refractivity contribution in [1.29, 1.82) is 0 Å². The molecule has 0 saturated carbocycles. The summed E-state index contributed by atoms with van der Waals surface area (Å²) in [5.41, 5.74) is 2.11. The lowest BCUT2D eigenvalue weighted by Gasteiger charge is -2.20. The molecule has 0 amide bonds. The Kier molecular flexibility index (Phi) is 5.99. The molecule has 116 valence electrons. The van der Waals surface area contributed by atoms with E-state index in [1.807, 2.05) is 61.5 Å². The van der Waals surface area contributed by atoms with Gasteiger partial charge in [-0.05, 0) is 43.0 Å². The van der Waals surface area contributed by atoms with Gasteiger partial charge in [0.05, 0.1) is 0 Å². The quantitative estimate of drug-likeness (QED) is 0.821. The van der Waals surface area contributed by atoms with Gasteiger partial charge in [0.15, 0.2) is 0 Å². The van der Waals surface area contributed by atoms with Crippen molar-refractivity contribution in [2.75, 3.05) is 0 Å². The van der Waals surface area contributed by atoms with E-state index in [0.29, 0.717) is 11.4 Å². The first kappa shape index (κ1) is 16.5. The average molecular weight is 318 g/mol. The number of hydrogen-bond acceptors (Lipinski definition) is 2. The van der Waals surface area contributed by atoms with Gasteiger partial charge in [-0.15, -0.1) is 0 Å². The fraction of sp³-hybridized carbons (Fsp3) is 0.278. The summed E-state index contributed by atoms with van der Waals surface area (Å²) in [4.78, 5) is 11.5. The largest absolute Gasteiger partial charge is 0.480 e. The van der Waals surface area contributed by atoms with Gasteiger partial charge in [0.2, 0.25) is 0 Å². The Labute approximate surface area is 135 Å². The van der Waals surface area contributed by atoms with E-state index in [0.717, 1.165) is 17.5 Å². The van der Waals surface area contributed by atoms with Gasteiger partial charge >= 0.3 is 5.97 Å². The molecule has 0 bridgehead atoms. The smallest absolute Gasteiger partial charge is 0.321 e. The van der Waals surface area contributed by atoms with Crippen molar-refractivity contribution >= 4 is 17.6 Å². The molecule has 0 radical (unpaired) electrons. The molecule has 0 saturated heterocycles. The molecule has 0 aromatic heterocycles. The monoisotopic (exact) mass is 317 g/mol. The topological polar surface area (TPSA) is 49.3 Å². The van der Waals surface area contributed by atoms with Crippen LogP contribution in [0.5, 0.6) is 0 Å². The third-order valence-electron chi connectivity index (χ3n) is 3.50. The van der Waals surface area contributed by atoms with E-state index in [2.05, 4.69) is 5.32 Å². The molecule has 2 aromatic rings. The Morgan fingerprint density at radius 1 is 1.09 bits per heavy atom. The number of benzene rings is 2. The average Bonchev–Trinajstić information content (AvgIpc) is 2.47. The van der Waals surface area contributed by atoms with Gasteiger partial charge in [0, 0.05) is 11.1 Å². The van der Waals surface area contributed by atoms with Gasteiger partial charge in [0.25, 0.3) is 0 Å².